The summed E-state index contributed by atoms with van der Waals surface area (Å²) in [6, 6.07) is 0. The van der Waals surface area contributed by atoms with E-state index in [1.54, 1.807) is 0 Å². The Morgan fingerprint density at radius 2 is 1.71 bits per heavy atom. The van der Waals surface area contributed by atoms with Gasteiger partial charge in [-0.05, 0) is 61.2 Å². The van der Waals surface area contributed by atoms with Gasteiger partial charge in [0.1, 0.15) is 24.4 Å². The van der Waals surface area contributed by atoms with Gasteiger partial charge >= 0.3 is 0 Å². The van der Waals surface area contributed by atoms with Gasteiger partial charge in [0.05, 0.1) is 25.4 Å². The molecule has 0 aromatic heterocycles. The Balaban J connectivity index is 1.53. The molecule has 4 rings (SSSR count). The number of hydrogen-bond donors (Lipinski definition) is 6. The van der Waals surface area contributed by atoms with Gasteiger partial charge < -0.3 is 40.1 Å². The highest BCUT2D eigenvalue weighted by molar-refractivity contribution is 5.25. The average molecular weight is 485 g/mol. The molecule has 0 aromatic carbocycles. The highest BCUT2D eigenvalue weighted by Gasteiger charge is 2.59. The Kier molecular flexibility index (Phi) is 7.30. The third-order valence-corrected chi connectivity index (χ3v) is 10.0. The van der Waals surface area contributed by atoms with E-state index in [-0.39, 0.29) is 29.0 Å². The van der Waals surface area contributed by atoms with Crippen molar-refractivity contribution in [2.75, 3.05) is 13.2 Å². The smallest absolute Gasteiger partial charge is 0.186 e. The van der Waals surface area contributed by atoms with Gasteiger partial charge in [0.25, 0.3) is 0 Å². The summed E-state index contributed by atoms with van der Waals surface area (Å²) in [7, 11) is 0. The van der Waals surface area contributed by atoms with Crippen LogP contribution < -0.4 is 0 Å². The van der Waals surface area contributed by atoms with E-state index in [4.69, 9.17) is 9.47 Å². The number of ether oxygens (including phenoxy) is 2. The van der Waals surface area contributed by atoms with Crippen LogP contribution in [0.4, 0.5) is 0 Å². The van der Waals surface area contributed by atoms with Gasteiger partial charge in [-0.15, -0.1) is 0 Å². The van der Waals surface area contributed by atoms with Gasteiger partial charge in [0.2, 0.25) is 0 Å². The van der Waals surface area contributed by atoms with E-state index in [2.05, 4.69) is 26.8 Å². The minimum atomic E-state index is -1.44. The minimum Gasteiger partial charge on any atom is -0.394 e. The van der Waals surface area contributed by atoms with Crippen LogP contribution in [0.1, 0.15) is 66.2 Å². The Morgan fingerprint density at radius 3 is 2.35 bits per heavy atom. The maximum atomic E-state index is 10.5. The van der Waals surface area contributed by atoms with Crippen molar-refractivity contribution in [1.82, 2.24) is 0 Å². The molecule has 8 heteroatoms. The number of aliphatic hydroxyl groups excluding tert-OH is 6. The monoisotopic (exact) mass is 484 g/mol. The fourth-order valence-corrected chi connectivity index (χ4v) is 7.79. The van der Waals surface area contributed by atoms with Crippen LogP contribution in [-0.4, -0.2) is 86.8 Å². The lowest BCUT2D eigenvalue weighted by atomic mass is 9.45. The molecule has 0 radical (unpaired) electrons. The van der Waals surface area contributed by atoms with Crippen LogP contribution in [0.15, 0.2) is 11.6 Å². The van der Waals surface area contributed by atoms with E-state index in [1.165, 1.54) is 5.57 Å². The van der Waals surface area contributed by atoms with Gasteiger partial charge in [-0.2, -0.15) is 0 Å². The molecule has 0 unspecified atom stereocenters. The third kappa shape index (κ3) is 4.18. The zero-order chi connectivity index (χ0) is 25.1. The molecule has 34 heavy (non-hydrogen) atoms. The van der Waals surface area contributed by atoms with Gasteiger partial charge in [-0.25, -0.2) is 0 Å². The lowest BCUT2D eigenvalue weighted by Crippen LogP contribution is -2.62. The van der Waals surface area contributed by atoms with Crippen molar-refractivity contribution in [1.29, 1.82) is 0 Å². The second-order valence-electron chi connectivity index (χ2n) is 12.3. The molecule has 0 spiro atoms. The van der Waals surface area contributed by atoms with Crippen molar-refractivity contribution in [3.8, 4) is 0 Å². The largest absolute Gasteiger partial charge is 0.394 e. The first-order valence-electron chi connectivity index (χ1n) is 12.9. The van der Waals surface area contributed by atoms with E-state index in [0.29, 0.717) is 11.8 Å². The van der Waals surface area contributed by atoms with Crippen molar-refractivity contribution < 1.29 is 40.1 Å². The quantitative estimate of drug-likeness (QED) is 0.252. The zero-order valence-corrected chi connectivity index (χ0v) is 20.9. The molecule has 1 saturated heterocycles. The second-order valence-corrected chi connectivity index (χ2v) is 12.3. The highest BCUT2D eigenvalue weighted by Crippen LogP contribution is 2.64. The summed E-state index contributed by atoms with van der Waals surface area (Å²) in [4.78, 5) is 0. The Labute approximate surface area is 202 Å². The summed E-state index contributed by atoms with van der Waals surface area (Å²) in [5.74, 6) is 0.801. The van der Waals surface area contributed by atoms with Crippen molar-refractivity contribution >= 4 is 0 Å². The lowest BCUT2D eigenvalue weighted by molar-refractivity contribution is -0.327. The predicted octanol–water partition coefficient (Wildman–Crippen LogP) is 1.10. The summed E-state index contributed by atoms with van der Waals surface area (Å²) < 4.78 is 11.9. The van der Waals surface area contributed by atoms with Crippen LogP contribution in [0.3, 0.4) is 0 Å². The van der Waals surface area contributed by atoms with Gasteiger partial charge in [0, 0.05) is 5.41 Å². The summed E-state index contributed by atoms with van der Waals surface area (Å²) in [5.41, 5.74) is 0.879. The Hall–Kier alpha value is -0.580. The van der Waals surface area contributed by atoms with Crippen LogP contribution in [0.5, 0.6) is 0 Å². The minimum absolute atomic E-state index is 0.0777. The predicted molar refractivity (Wildman–Crippen MR) is 124 cm³/mol. The molecule has 0 aromatic rings. The normalized spacial score (nSPS) is 49.5. The summed E-state index contributed by atoms with van der Waals surface area (Å²) >= 11 is 0. The fraction of sp³-hybridized carbons (Fsp3) is 0.923. The first-order valence-corrected chi connectivity index (χ1v) is 12.9. The number of hydrogen-bond acceptors (Lipinski definition) is 8. The standard InChI is InChI=1S/C26H44O8/c1-24(2)17-6-5-14-11-25(3,18(29)13-28)9-7-15(14)26(17,4)10-8-19(24)34-23-22(32)21(31)20(30)16(12-27)33-23/h11,15-23,27-32H,5-10,12-13H2,1-4H3/t15-,16-,17-,18-,19+,20-,21+,22-,23+,25+,26+/m1/s1. The van der Waals surface area contributed by atoms with Crippen LogP contribution in [0, 0.1) is 28.1 Å². The Bertz CT molecular complexity index is 768. The Morgan fingerprint density at radius 1 is 1.00 bits per heavy atom. The maximum Gasteiger partial charge on any atom is 0.186 e. The SMILES string of the molecule is CC1(C)[C@@H](O[C@@H]2O[C@H](CO)[C@@H](O)[C@H](O)[C@H]2O)CC[C@@]2(C)[C@@H]3CC[C@](C)([C@H](O)CO)C=C3CC[C@H]12. The van der Waals surface area contributed by atoms with Crippen LogP contribution in [-0.2, 0) is 9.47 Å². The van der Waals surface area contributed by atoms with E-state index < -0.39 is 43.4 Å². The molecule has 2 saturated carbocycles. The second kappa shape index (κ2) is 9.38. The van der Waals surface area contributed by atoms with Crippen LogP contribution in [0.25, 0.3) is 0 Å². The molecular formula is C26H44O8. The van der Waals surface area contributed by atoms with Crippen molar-refractivity contribution in [2.24, 2.45) is 28.1 Å². The van der Waals surface area contributed by atoms with E-state index in [9.17, 15) is 30.6 Å². The molecule has 3 aliphatic carbocycles. The van der Waals surface area contributed by atoms with Crippen LogP contribution >= 0.6 is 0 Å². The van der Waals surface area contributed by atoms with E-state index in [0.717, 1.165) is 38.5 Å². The van der Waals surface area contributed by atoms with Gasteiger partial charge in [-0.1, -0.05) is 39.3 Å². The summed E-state index contributed by atoms with van der Waals surface area (Å²) in [6.45, 7) is 8.14. The number of aliphatic hydroxyl groups is 6. The molecule has 11 atom stereocenters. The summed E-state index contributed by atoms with van der Waals surface area (Å²) in [5, 5.41) is 60.2. The topological polar surface area (TPSA) is 140 Å². The molecule has 4 aliphatic rings. The number of rotatable bonds is 5. The van der Waals surface area contributed by atoms with Crippen molar-refractivity contribution in [3.63, 3.8) is 0 Å². The molecule has 6 N–H and O–H groups in total. The number of allylic oxidation sites excluding steroid dienone is 1. The average Bonchev–Trinajstić information content (AvgIpc) is 2.80. The lowest BCUT2D eigenvalue weighted by Gasteiger charge is -2.62. The molecule has 0 amide bonds. The number of fused-ring (bicyclic) bond motifs is 3. The highest BCUT2D eigenvalue weighted by atomic mass is 16.7. The molecule has 196 valence electrons. The summed E-state index contributed by atoms with van der Waals surface area (Å²) in [6.07, 6.45) is 0.468. The molecule has 1 heterocycles. The molecular weight excluding hydrogens is 440 g/mol. The fourth-order valence-electron chi connectivity index (χ4n) is 7.79. The maximum absolute atomic E-state index is 10.5. The van der Waals surface area contributed by atoms with E-state index >= 15 is 0 Å². The zero-order valence-electron chi connectivity index (χ0n) is 20.9. The van der Waals surface area contributed by atoms with Gasteiger partial charge in [-0.3, -0.25) is 0 Å². The molecule has 1 aliphatic heterocycles. The van der Waals surface area contributed by atoms with Crippen molar-refractivity contribution in [3.05, 3.63) is 11.6 Å². The van der Waals surface area contributed by atoms with Crippen LogP contribution in [0.2, 0.25) is 0 Å². The first-order chi connectivity index (χ1) is 15.9. The third-order valence-electron chi connectivity index (χ3n) is 10.0. The van der Waals surface area contributed by atoms with Gasteiger partial charge in [0.15, 0.2) is 6.29 Å². The molecule has 3 fully saturated rings. The first kappa shape index (κ1) is 26.5. The molecule has 8 nitrogen and oxygen atoms in total. The van der Waals surface area contributed by atoms with E-state index in [1.807, 2.05) is 6.92 Å². The van der Waals surface area contributed by atoms with Crippen molar-refractivity contribution in [2.45, 2.75) is 109 Å². The molecule has 0 bridgehead atoms.